The van der Waals surface area contributed by atoms with Gasteiger partial charge in [0.05, 0.1) is 5.75 Å². The summed E-state index contributed by atoms with van der Waals surface area (Å²) in [5, 5.41) is 4.08. The van der Waals surface area contributed by atoms with Crippen molar-refractivity contribution in [3.05, 3.63) is 105 Å². The molecule has 0 unspecified atom stereocenters. The number of halogens is 3. The molecule has 0 heterocycles. The highest BCUT2D eigenvalue weighted by molar-refractivity contribution is 7.99. The molecule has 0 radical (unpaired) electrons. The molecule has 0 bridgehead atoms. The van der Waals surface area contributed by atoms with Crippen molar-refractivity contribution < 1.29 is 14.0 Å². The second-order valence-electron chi connectivity index (χ2n) is 8.83. The lowest BCUT2D eigenvalue weighted by molar-refractivity contribution is -0.139. The van der Waals surface area contributed by atoms with Crippen LogP contribution >= 0.6 is 35.0 Å². The van der Waals surface area contributed by atoms with Gasteiger partial charge in [0.15, 0.2) is 0 Å². The molecule has 3 aromatic rings. The molecule has 2 atom stereocenters. The normalized spacial score (nSPS) is 12.6. The molecule has 2 amide bonds. The summed E-state index contributed by atoms with van der Waals surface area (Å²) in [7, 11) is 0. The summed E-state index contributed by atoms with van der Waals surface area (Å²) in [4.78, 5) is 28.6. The fraction of sp³-hybridized carbons (Fsp3) is 0.310. The summed E-state index contributed by atoms with van der Waals surface area (Å²) in [6, 6.07) is 20.3. The number of carbonyl (C=O) groups is 2. The van der Waals surface area contributed by atoms with E-state index in [0.717, 1.165) is 17.5 Å². The molecule has 0 aliphatic rings. The third-order valence-electron chi connectivity index (χ3n) is 6.10. The summed E-state index contributed by atoms with van der Waals surface area (Å²) in [5.74, 6) is -0.437. The second-order valence-corrected chi connectivity index (χ2v) is 10.6. The predicted octanol–water partition coefficient (Wildman–Crippen LogP) is 6.92. The van der Waals surface area contributed by atoms with Crippen LogP contribution in [0, 0.1) is 5.82 Å². The Morgan fingerprint density at radius 2 is 1.62 bits per heavy atom. The maximum absolute atomic E-state index is 14.7. The van der Waals surface area contributed by atoms with Gasteiger partial charge in [-0.25, -0.2) is 4.39 Å². The lowest BCUT2D eigenvalue weighted by Gasteiger charge is -2.32. The highest BCUT2D eigenvalue weighted by atomic mass is 35.5. The Morgan fingerprint density at radius 3 is 2.27 bits per heavy atom. The first-order valence-electron chi connectivity index (χ1n) is 12.2. The Kier molecular flexibility index (Phi) is 11.3. The Morgan fingerprint density at radius 1 is 0.973 bits per heavy atom. The van der Waals surface area contributed by atoms with Gasteiger partial charge in [0.2, 0.25) is 11.8 Å². The van der Waals surface area contributed by atoms with Gasteiger partial charge in [0.1, 0.15) is 11.9 Å². The minimum absolute atomic E-state index is 0.0235. The molecule has 3 rings (SSSR count). The fourth-order valence-corrected chi connectivity index (χ4v) is 5.45. The van der Waals surface area contributed by atoms with E-state index in [0.29, 0.717) is 27.8 Å². The molecular formula is C29H31Cl2FN2O2S. The van der Waals surface area contributed by atoms with Crippen LogP contribution in [0.25, 0.3) is 0 Å². The smallest absolute Gasteiger partial charge is 0.243 e. The van der Waals surface area contributed by atoms with Crippen LogP contribution in [0.2, 0.25) is 10.0 Å². The maximum Gasteiger partial charge on any atom is 0.243 e. The molecule has 0 spiro atoms. The summed E-state index contributed by atoms with van der Waals surface area (Å²) >= 11 is 13.9. The van der Waals surface area contributed by atoms with E-state index in [2.05, 4.69) is 5.32 Å². The van der Waals surface area contributed by atoms with Crippen molar-refractivity contribution in [1.82, 2.24) is 10.2 Å². The number of nitrogens with zero attached hydrogens (tertiary/aromatic N) is 1. The summed E-state index contributed by atoms with van der Waals surface area (Å²) in [6.45, 7) is 3.88. The number of hydrogen-bond acceptors (Lipinski definition) is 3. The van der Waals surface area contributed by atoms with E-state index in [1.54, 1.807) is 36.4 Å². The quantitative estimate of drug-likeness (QED) is 0.261. The summed E-state index contributed by atoms with van der Waals surface area (Å²) in [5.41, 5.74) is 2.01. The van der Waals surface area contributed by atoms with Crippen LogP contribution in [0.5, 0.6) is 0 Å². The van der Waals surface area contributed by atoms with E-state index in [-0.39, 0.29) is 30.2 Å². The number of thioether (sulfide) groups is 1. The molecule has 3 aromatic carbocycles. The standard InChI is InChI=1S/C29H31Cl2FN2O2S/c1-3-20(2)33-29(36)27(16-21-10-5-4-6-11-21)34(17-22-12-7-8-15-26(22)32)28(35)19-37-18-23-24(30)13-9-14-25(23)31/h4-15,20,27H,3,16-19H2,1-2H3,(H,33,36)/t20-,27+/m1/s1. The molecule has 0 fully saturated rings. The topological polar surface area (TPSA) is 49.4 Å². The van der Waals surface area contributed by atoms with Crippen LogP contribution in [0.1, 0.15) is 37.0 Å². The molecule has 196 valence electrons. The first kappa shape index (κ1) is 29.0. The first-order valence-corrected chi connectivity index (χ1v) is 14.1. The molecule has 4 nitrogen and oxygen atoms in total. The summed E-state index contributed by atoms with van der Waals surface area (Å²) < 4.78 is 14.7. The minimum atomic E-state index is -0.812. The SMILES string of the molecule is CC[C@@H](C)NC(=O)[C@H](Cc1ccccc1)N(Cc1ccccc1F)C(=O)CSCc1c(Cl)cccc1Cl. The number of rotatable bonds is 12. The van der Waals surface area contributed by atoms with Gasteiger partial charge in [-0.3, -0.25) is 9.59 Å². The van der Waals surface area contributed by atoms with Crippen LogP contribution in [-0.2, 0) is 28.3 Å². The van der Waals surface area contributed by atoms with Gasteiger partial charge in [-0.2, -0.15) is 0 Å². The van der Waals surface area contributed by atoms with E-state index in [4.69, 9.17) is 23.2 Å². The van der Waals surface area contributed by atoms with Crippen molar-refractivity contribution in [1.29, 1.82) is 0 Å². The van der Waals surface area contributed by atoms with Crippen molar-refractivity contribution in [3.8, 4) is 0 Å². The maximum atomic E-state index is 14.7. The highest BCUT2D eigenvalue weighted by Crippen LogP contribution is 2.28. The minimum Gasteiger partial charge on any atom is -0.352 e. The number of nitrogens with one attached hydrogen (secondary N) is 1. The average molecular weight is 562 g/mol. The average Bonchev–Trinajstić information content (AvgIpc) is 2.89. The largest absolute Gasteiger partial charge is 0.352 e. The van der Waals surface area contributed by atoms with Gasteiger partial charge in [-0.05, 0) is 42.7 Å². The number of carbonyl (C=O) groups excluding carboxylic acids is 2. The summed E-state index contributed by atoms with van der Waals surface area (Å²) in [6.07, 6.45) is 1.06. The van der Waals surface area contributed by atoms with Gasteiger partial charge >= 0.3 is 0 Å². The zero-order valence-corrected chi connectivity index (χ0v) is 23.3. The van der Waals surface area contributed by atoms with Gasteiger partial charge in [0.25, 0.3) is 0 Å². The molecular weight excluding hydrogens is 530 g/mol. The third-order valence-corrected chi connectivity index (χ3v) is 7.76. The molecule has 0 saturated heterocycles. The van der Waals surface area contributed by atoms with Crippen molar-refractivity contribution >= 4 is 46.8 Å². The third kappa shape index (κ3) is 8.49. The van der Waals surface area contributed by atoms with Crippen LogP contribution in [0.4, 0.5) is 4.39 Å². The Hall–Kier alpha value is -2.54. The Bertz CT molecular complexity index is 1180. The number of hydrogen-bond donors (Lipinski definition) is 1. The second kappa shape index (κ2) is 14.4. The zero-order valence-electron chi connectivity index (χ0n) is 20.9. The van der Waals surface area contributed by atoms with Crippen molar-refractivity contribution in [2.24, 2.45) is 0 Å². The molecule has 0 aliphatic carbocycles. The van der Waals surface area contributed by atoms with Crippen LogP contribution in [-0.4, -0.2) is 34.6 Å². The zero-order chi connectivity index (χ0) is 26.8. The Balaban J connectivity index is 1.89. The molecule has 37 heavy (non-hydrogen) atoms. The van der Waals surface area contributed by atoms with Crippen molar-refractivity contribution in [2.45, 2.75) is 51.1 Å². The molecule has 8 heteroatoms. The number of amides is 2. The molecule has 1 N–H and O–H groups in total. The predicted molar refractivity (Wildman–Crippen MR) is 151 cm³/mol. The van der Waals surface area contributed by atoms with Crippen LogP contribution < -0.4 is 5.32 Å². The van der Waals surface area contributed by atoms with Crippen LogP contribution in [0.15, 0.2) is 72.8 Å². The van der Waals surface area contributed by atoms with Crippen LogP contribution in [0.3, 0.4) is 0 Å². The monoisotopic (exact) mass is 560 g/mol. The van der Waals surface area contributed by atoms with E-state index >= 15 is 0 Å². The van der Waals surface area contributed by atoms with Gasteiger partial charge in [0, 0.05) is 40.4 Å². The number of benzene rings is 3. The lowest BCUT2D eigenvalue weighted by atomic mass is 10.0. The first-order chi connectivity index (χ1) is 17.8. The fourth-order valence-electron chi connectivity index (χ4n) is 3.80. The lowest BCUT2D eigenvalue weighted by Crippen LogP contribution is -2.52. The van der Waals surface area contributed by atoms with E-state index < -0.39 is 11.9 Å². The van der Waals surface area contributed by atoms with E-state index in [9.17, 15) is 14.0 Å². The van der Waals surface area contributed by atoms with Crippen molar-refractivity contribution in [2.75, 3.05) is 5.75 Å². The van der Waals surface area contributed by atoms with Gasteiger partial charge in [-0.15, -0.1) is 11.8 Å². The molecule has 0 aliphatic heterocycles. The molecule has 0 aromatic heterocycles. The van der Waals surface area contributed by atoms with Gasteiger partial charge in [-0.1, -0.05) is 84.7 Å². The van der Waals surface area contributed by atoms with E-state index in [1.165, 1.54) is 22.7 Å². The molecule has 0 saturated carbocycles. The van der Waals surface area contributed by atoms with Gasteiger partial charge < -0.3 is 10.2 Å². The van der Waals surface area contributed by atoms with Crippen molar-refractivity contribution in [3.63, 3.8) is 0 Å². The van der Waals surface area contributed by atoms with E-state index in [1.807, 2.05) is 44.2 Å². The Labute approximate surface area is 232 Å². The highest BCUT2D eigenvalue weighted by Gasteiger charge is 2.31.